The van der Waals surface area contributed by atoms with Crippen molar-refractivity contribution in [2.45, 2.75) is 20.1 Å². The first-order valence-corrected chi connectivity index (χ1v) is 7.89. The van der Waals surface area contributed by atoms with Crippen LogP contribution in [-0.4, -0.2) is 26.2 Å². The average Bonchev–Trinajstić information content (AvgIpc) is 2.59. The van der Waals surface area contributed by atoms with Gasteiger partial charge in [-0.25, -0.2) is 0 Å². The van der Waals surface area contributed by atoms with Crippen LogP contribution in [0.15, 0.2) is 59.6 Å². The van der Waals surface area contributed by atoms with Gasteiger partial charge in [0, 0.05) is 20.1 Å². The molecule has 24 heavy (non-hydrogen) atoms. The number of ether oxygens (including phenoxy) is 1. The Morgan fingerprint density at radius 2 is 1.67 bits per heavy atom. The van der Waals surface area contributed by atoms with Gasteiger partial charge in [0.2, 0.25) is 0 Å². The number of benzene rings is 2. The molecule has 0 unspecified atom stereocenters. The minimum absolute atomic E-state index is 0. The monoisotopic (exact) mass is 439 g/mol. The third-order valence-corrected chi connectivity index (χ3v) is 3.45. The van der Waals surface area contributed by atoms with E-state index in [1.165, 1.54) is 16.7 Å². The Labute approximate surface area is 161 Å². The molecule has 0 saturated carbocycles. The topological polar surface area (TPSA) is 45.7 Å². The average molecular weight is 439 g/mol. The van der Waals surface area contributed by atoms with Crippen molar-refractivity contribution in [2.24, 2.45) is 4.99 Å². The smallest absolute Gasteiger partial charge is 0.191 e. The zero-order valence-corrected chi connectivity index (χ0v) is 16.6. The fourth-order valence-corrected chi connectivity index (χ4v) is 2.12. The Balaban J connectivity index is 0.00000288. The van der Waals surface area contributed by atoms with Gasteiger partial charge in [-0.1, -0.05) is 60.2 Å². The molecule has 2 N–H and O–H groups in total. The van der Waals surface area contributed by atoms with Gasteiger partial charge in [-0.15, -0.1) is 24.0 Å². The summed E-state index contributed by atoms with van der Waals surface area (Å²) < 4.78 is 5.65. The molecule has 130 valence electrons. The van der Waals surface area contributed by atoms with Gasteiger partial charge in [-0.3, -0.25) is 4.99 Å². The number of hydrogen-bond donors (Lipinski definition) is 2. The SMILES string of the molecule is CN=C(NCCOCc1ccccc1)NCc1ccc(C)cc1.I. The molecule has 0 amide bonds. The fourth-order valence-electron chi connectivity index (χ4n) is 2.12. The summed E-state index contributed by atoms with van der Waals surface area (Å²) in [4.78, 5) is 4.22. The Kier molecular flexibility index (Phi) is 10.1. The van der Waals surface area contributed by atoms with Crippen LogP contribution in [0.2, 0.25) is 0 Å². The Morgan fingerprint density at radius 1 is 0.958 bits per heavy atom. The second-order valence-electron chi connectivity index (χ2n) is 5.38. The van der Waals surface area contributed by atoms with E-state index >= 15 is 0 Å². The molecule has 0 aliphatic carbocycles. The van der Waals surface area contributed by atoms with E-state index in [9.17, 15) is 0 Å². The number of nitrogens with zero attached hydrogens (tertiary/aromatic N) is 1. The Morgan fingerprint density at radius 3 is 2.33 bits per heavy atom. The number of rotatable bonds is 7. The lowest BCUT2D eigenvalue weighted by atomic mass is 10.1. The molecule has 0 spiro atoms. The summed E-state index contributed by atoms with van der Waals surface area (Å²) in [5, 5.41) is 6.55. The summed E-state index contributed by atoms with van der Waals surface area (Å²) in [6.07, 6.45) is 0. The van der Waals surface area contributed by atoms with Gasteiger partial charge in [-0.2, -0.15) is 0 Å². The molecule has 0 aliphatic heterocycles. The van der Waals surface area contributed by atoms with Gasteiger partial charge in [0.1, 0.15) is 0 Å². The van der Waals surface area contributed by atoms with Crippen molar-refractivity contribution in [1.82, 2.24) is 10.6 Å². The van der Waals surface area contributed by atoms with E-state index < -0.39 is 0 Å². The maximum absolute atomic E-state index is 5.65. The van der Waals surface area contributed by atoms with Crippen LogP contribution < -0.4 is 10.6 Å². The predicted molar refractivity (Wildman–Crippen MR) is 111 cm³/mol. The highest BCUT2D eigenvalue weighted by Gasteiger charge is 1.98. The third-order valence-electron chi connectivity index (χ3n) is 3.45. The van der Waals surface area contributed by atoms with Gasteiger partial charge < -0.3 is 15.4 Å². The molecule has 0 saturated heterocycles. The zero-order chi connectivity index (χ0) is 16.3. The van der Waals surface area contributed by atoms with Crippen molar-refractivity contribution < 1.29 is 4.74 Å². The van der Waals surface area contributed by atoms with Crippen LogP contribution in [0.4, 0.5) is 0 Å². The lowest BCUT2D eigenvalue weighted by Crippen LogP contribution is -2.38. The van der Waals surface area contributed by atoms with Gasteiger partial charge in [0.25, 0.3) is 0 Å². The second kappa shape index (κ2) is 11.9. The van der Waals surface area contributed by atoms with Crippen LogP contribution in [0.3, 0.4) is 0 Å². The lowest BCUT2D eigenvalue weighted by Gasteiger charge is -2.12. The highest BCUT2D eigenvalue weighted by molar-refractivity contribution is 14.0. The second-order valence-corrected chi connectivity index (χ2v) is 5.38. The summed E-state index contributed by atoms with van der Waals surface area (Å²) in [6.45, 7) is 4.84. The summed E-state index contributed by atoms with van der Waals surface area (Å²) >= 11 is 0. The van der Waals surface area contributed by atoms with Gasteiger partial charge >= 0.3 is 0 Å². The first kappa shape index (κ1) is 20.4. The van der Waals surface area contributed by atoms with Gasteiger partial charge in [0.15, 0.2) is 5.96 Å². The lowest BCUT2D eigenvalue weighted by molar-refractivity contribution is 0.125. The molecule has 2 aromatic carbocycles. The van der Waals surface area contributed by atoms with Crippen LogP contribution in [0.5, 0.6) is 0 Å². The molecule has 0 atom stereocenters. The maximum atomic E-state index is 5.65. The largest absolute Gasteiger partial charge is 0.375 e. The van der Waals surface area contributed by atoms with Crippen molar-refractivity contribution in [3.63, 3.8) is 0 Å². The standard InChI is InChI=1S/C19H25N3O.HI/c1-16-8-10-17(11-9-16)14-22-19(20-2)21-12-13-23-15-18-6-4-3-5-7-18;/h3-11H,12-15H2,1-2H3,(H2,20,21,22);1H. The van der Waals surface area contributed by atoms with Crippen LogP contribution in [-0.2, 0) is 17.9 Å². The fraction of sp³-hybridized carbons (Fsp3) is 0.316. The number of guanidine groups is 1. The number of halogens is 1. The molecule has 4 nitrogen and oxygen atoms in total. The third kappa shape index (κ3) is 7.79. The van der Waals surface area contributed by atoms with Crippen molar-refractivity contribution in [2.75, 3.05) is 20.2 Å². The van der Waals surface area contributed by atoms with E-state index in [1.54, 1.807) is 7.05 Å². The zero-order valence-electron chi connectivity index (χ0n) is 14.3. The van der Waals surface area contributed by atoms with Crippen molar-refractivity contribution in [3.8, 4) is 0 Å². The summed E-state index contributed by atoms with van der Waals surface area (Å²) in [5.74, 6) is 0.786. The quantitative estimate of drug-likeness (QED) is 0.301. The number of hydrogen-bond acceptors (Lipinski definition) is 2. The van der Waals surface area contributed by atoms with Crippen molar-refractivity contribution in [1.29, 1.82) is 0 Å². The van der Waals surface area contributed by atoms with E-state index in [4.69, 9.17) is 4.74 Å². The Hall–Kier alpha value is -1.60. The van der Waals surface area contributed by atoms with Crippen molar-refractivity contribution in [3.05, 3.63) is 71.3 Å². The first-order valence-electron chi connectivity index (χ1n) is 7.89. The van der Waals surface area contributed by atoms with E-state index in [0.29, 0.717) is 13.2 Å². The van der Waals surface area contributed by atoms with Crippen LogP contribution in [0.1, 0.15) is 16.7 Å². The molecule has 2 rings (SSSR count). The molecule has 0 aromatic heterocycles. The highest BCUT2D eigenvalue weighted by Crippen LogP contribution is 2.02. The van der Waals surface area contributed by atoms with E-state index in [-0.39, 0.29) is 24.0 Å². The van der Waals surface area contributed by atoms with Crippen LogP contribution in [0, 0.1) is 6.92 Å². The molecule has 5 heteroatoms. The van der Waals surface area contributed by atoms with E-state index in [1.807, 2.05) is 18.2 Å². The van der Waals surface area contributed by atoms with Gasteiger partial charge in [0.05, 0.1) is 13.2 Å². The molecule has 0 aliphatic rings. The summed E-state index contributed by atoms with van der Waals surface area (Å²) in [5.41, 5.74) is 3.69. The van der Waals surface area contributed by atoms with E-state index in [2.05, 4.69) is 58.9 Å². The molecule has 0 fully saturated rings. The normalized spacial score (nSPS) is 10.8. The van der Waals surface area contributed by atoms with E-state index in [0.717, 1.165) is 19.0 Å². The number of nitrogens with one attached hydrogen (secondary N) is 2. The number of aryl methyl sites for hydroxylation is 1. The molecule has 0 bridgehead atoms. The number of aliphatic imine (C=N–C) groups is 1. The van der Waals surface area contributed by atoms with Crippen LogP contribution >= 0.6 is 24.0 Å². The molecule has 0 radical (unpaired) electrons. The molecule has 2 aromatic rings. The Bertz CT molecular complexity index is 600. The maximum Gasteiger partial charge on any atom is 0.191 e. The minimum atomic E-state index is 0. The van der Waals surface area contributed by atoms with Crippen molar-refractivity contribution >= 4 is 29.9 Å². The first-order chi connectivity index (χ1) is 11.3. The summed E-state index contributed by atoms with van der Waals surface area (Å²) in [6, 6.07) is 18.7. The molecular weight excluding hydrogens is 413 g/mol. The highest BCUT2D eigenvalue weighted by atomic mass is 127. The summed E-state index contributed by atoms with van der Waals surface area (Å²) in [7, 11) is 1.77. The minimum Gasteiger partial charge on any atom is -0.375 e. The molecular formula is C19H26IN3O. The predicted octanol–water partition coefficient (Wildman–Crippen LogP) is 3.49. The van der Waals surface area contributed by atoms with Crippen LogP contribution in [0.25, 0.3) is 0 Å². The molecule has 0 heterocycles. The van der Waals surface area contributed by atoms with Gasteiger partial charge in [-0.05, 0) is 18.1 Å².